The predicted molar refractivity (Wildman–Crippen MR) is 159 cm³/mol. The normalized spacial score (nSPS) is 17.0. The second kappa shape index (κ2) is 14.7. The summed E-state index contributed by atoms with van der Waals surface area (Å²) in [6, 6.07) is 18.4. The highest BCUT2D eigenvalue weighted by Crippen LogP contribution is 2.21. The summed E-state index contributed by atoms with van der Waals surface area (Å²) in [5.41, 5.74) is 1.74. The van der Waals surface area contributed by atoms with Crippen molar-refractivity contribution in [3.8, 4) is 0 Å². The van der Waals surface area contributed by atoms with Gasteiger partial charge >= 0.3 is 6.09 Å². The van der Waals surface area contributed by atoms with Crippen LogP contribution in [0.1, 0.15) is 18.1 Å². The summed E-state index contributed by atoms with van der Waals surface area (Å²) in [5, 5.41) is 7.73. The van der Waals surface area contributed by atoms with Gasteiger partial charge in [0.25, 0.3) is 0 Å². The Morgan fingerprint density at radius 2 is 1.69 bits per heavy atom. The quantitative estimate of drug-likeness (QED) is 0.363. The number of hydrogen-bond acceptors (Lipinski definition) is 6. The molecule has 0 bridgehead atoms. The molecular weight excluding hydrogens is 539 g/mol. The van der Waals surface area contributed by atoms with Crippen molar-refractivity contribution in [2.24, 2.45) is 0 Å². The Hall–Kier alpha value is -4.02. The number of carbonyl (C=O) groups is 3. The number of rotatable bonds is 11. The van der Waals surface area contributed by atoms with Crippen molar-refractivity contribution in [3.05, 3.63) is 83.7 Å². The summed E-state index contributed by atoms with van der Waals surface area (Å²) < 4.78 is 24.1. The number of nitrogens with one attached hydrogen (secondary N) is 2. The van der Waals surface area contributed by atoms with Gasteiger partial charge in [-0.25, -0.2) is 9.18 Å². The Kier molecular flexibility index (Phi) is 10.9. The molecule has 3 unspecified atom stereocenters. The number of amides is 3. The van der Waals surface area contributed by atoms with Crippen LogP contribution in [-0.2, 0) is 31.9 Å². The summed E-state index contributed by atoms with van der Waals surface area (Å²) in [4.78, 5) is 43.2. The number of carbonyl (C=O) groups excluding carboxylic acids is 3. The molecule has 0 aromatic heterocycles. The van der Waals surface area contributed by atoms with Crippen LogP contribution in [0, 0.1) is 5.82 Å². The van der Waals surface area contributed by atoms with Crippen LogP contribution in [0.5, 0.6) is 0 Å². The Labute approximate surface area is 245 Å². The number of benzene rings is 3. The Morgan fingerprint density at radius 1 is 0.976 bits per heavy atom. The molecule has 1 aliphatic heterocycles. The second-order valence-corrected chi connectivity index (χ2v) is 10.4. The van der Waals surface area contributed by atoms with Crippen LogP contribution in [-0.4, -0.2) is 92.8 Å². The zero-order chi connectivity index (χ0) is 30.1. The summed E-state index contributed by atoms with van der Waals surface area (Å²) in [6.07, 6.45) is -0.0221. The van der Waals surface area contributed by atoms with Gasteiger partial charge in [0, 0.05) is 40.2 Å². The Morgan fingerprint density at radius 3 is 2.38 bits per heavy atom. The highest BCUT2D eigenvalue weighted by atomic mass is 19.1. The van der Waals surface area contributed by atoms with Gasteiger partial charge in [-0.3, -0.25) is 14.5 Å². The van der Waals surface area contributed by atoms with Gasteiger partial charge in [0.15, 0.2) is 0 Å². The van der Waals surface area contributed by atoms with Crippen LogP contribution >= 0.6 is 0 Å². The number of likely N-dealkylation sites (N-methyl/N-ethyl adjacent to an activating group) is 1. The molecule has 1 saturated heterocycles. The summed E-state index contributed by atoms with van der Waals surface area (Å²) >= 11 is 0. The van der Waals surface area contributed by atoms with E-state index in [-0.39, 0.29) is 43.3 Å². The number of piperazine rings is 1. The third kappa shape index (κ3) is 7.83. The average Bonchev–Trinajstić information content (AvgIpc) is 3.00. The van der Waals surface area contributed by atoms with Crippen molar-refractivity contribution < 1.29 is 28.2 Å². The number of alkyl carbamates (subject to hydrolysis) is 1. The minimum absolute atomic E-state index is 0.0998. The molecule has 3 atom stereocenters. The molecule has 0 aliphatic carbocycles. The molecule has 1 fully saturated rings. The molecule has 4 rings (SSSR count). The molecule has 3 aromatic carbocycles. The molecule has 1 heterocycles. The van der Waals surface area contributed by atoms with Crippen molar-refractivity contribution in [2.75, 3.05) is 47.0 Å². The second-order valence-electron chi connectivity index (χ2n) is 10.4. The van der Waals surface area contributed by atoms with E-state index in [0.29, 0.717) is 31.6 Å². The predicted octanol–water partition coefficient (Wildman–Crippen LogP) is 3.15. The molecule has 3 amide bonds. The Balaban J connectivity index is 1.53. The molecule has 9 nitrogen and oxygen atoms in total. The topological polar surface area (TPSA) is 100 Å². The fraction of sp³-hybridized carbons (Fsp3) is 0.406. The van der Waals surface area contributed by atoms with Gasteiger partial charge in [-0.1, -0.05) is 54.6 Å². The molecule has 1 aliphatic rings. The average molecular weight is 579 g/mol. The van der Waals surface area contributed by atoms with Crippen LogP contribution in [0.2, 0.25) is 0 Å². The van der Waals surface area contributed by atoms with Gasteiger partial charge in [-0.15, -0.1) is 0 Å². The lowest BCUT2D eigenvalue weighted by Gasteiger charge is -2.44. The number of fused-ring (bicyclic) bond motifs is 1. The van der Waals surface area contributed by atoms with E-state index in [2.05, 4.69) is 39.8 Å². The van der Waals surface area contributed by atoms with Gasteiger partial charge in [0.2, 0.25) is 11.8 Å². The maximum atomic E-state index is 13.9. The first-order chi connectivity index (χ1) is 20.3. The van der Waals surface area contributed by atoms with E-state index in [0.717, 1.165) is 16.3 Å². The molecule has 224 valence electrons. The van der Waals surface area contributed by atoms with Crippen molar-refractivity contribution in [2.45, 2.75) is 37.9 Å². The number of nitrogens with zero attached hydrogens (tertiary/aromatic N) is 2. The molecule has 42 heavy (non-hydrogen) atoms. The fourth-order valence-electron chi connectivity index (χ4n) is 5.50. The van der Waals surface area contributed by atoms with E-state index in [9.17, 15) is 18.8 Å². The first kappa shape index (κ1) is 30.9. The highest BCUT2D eigenvalue weighted by Gasteiger charge is 2.38. The standard InChI is InChI=1S/C32H39FN4O5/c1-4-42-32(40)35-28(18-22-10-13-26(33)14-11-22)31(39)37-16-15-36(20-27(37)21-41-3)29(30(38)34-2)19-23-9-12-24-7-5-6-8-25(24)17-23/h5-14,17,27-29H,4,15-16,18-21H2,1-3H3,(H,34,38)(H,35,40). The van der Waals surface area contributed by atoms with E-state index in [1.54, 1.807) is 38.1 Å². The van der Waals surface area contributed by atoms with Crippen LogP contribution in [0.3, 0.4) is 0 Å². The summed E-state index contributed by atoms with van der Waals surface area (Å²) in [5.74, 6) is -0.775. The van der Waals surface area contributed by atoms with E-state index in [1.807, 2.05) is 18.2 Å². The van der Waals surface area contributed by atoms with Crippen molar-refractivity contribution in [3.63, 3.8) is 0 Å². The molecule has 3 aromatic rings. The van der Waals surface area contributed by atoms with Crippen LogP contribution < -0.4 is 10.6 Å². The van der Waals surface area contributed by atoms with Gasteiger partial charge in [0.1, 0.15) is 11.9 Å². The third-order valence-electron chi connectivity index (χ3n) is 7.61. The van der Waals surface area contributed by atoms with Gasteiger partial charge in [-0.2, -0.15) is 0 Å². The molecule has 0 saturated carbocycles. The molecule has 2 N–H and O–H groups in total. The minimum Gasteiger partial charge on any atom is -0.450 e. The molecule has 10 heteroatoms. The summed E-state index contributed by atoms with van der Waals surface area (Å²) in [7, 11) is 3.20. The minimum atomic E-state index is -0.923. The number of hydrogen-bond donors (Lipinski definition) is 2. The monoisotopic (exact) mass is 578 g/mol. The zero-order valence-electron chi connectivity index (χ0n) is 24.3. The van der Waals surface area contributed by atoms with Crippen LogP contribution in [0.15, 0.2) is 66.7 Å². The van der Waals surface area contributed by atoms with Gasteiger partial charge < -0.3 is 25.0 Å². The van der Waals surface area contributed by atoms with Crippen LogP contribution in [0.4, 0.5) is 9.18 Å². The number of ether oxygens (including phenoxy) is 2. The lowest BCUT2D eigenvalue weighted by molar-refractivity contribution is -0.141. The first-order valence-corrected chi connectivity index (χ1v) is 14.2. The van der Waals surface area contributed by atoms with E-state index in [4.69, 9.17) is 9.47 Å². The lowest BCUT2D eigenvalue weighted by atomic mass is 9.98. The lowest BCUT2D eigenvalue weighted by Crippen LogP contribution is -2.64. The third-order valence-corrected chi connectivity index (χ3v) is 7.61. The van der Waals surface area contributed by atoms with Crippen molar-refractivity contribution in [1.82, 2.24) is 20.4 Å². The summed E-state index contributed by atoms with van der Waals surface area (Å²) in [6.45, 7) is 3.30. The Bertz CT molecular complexity index is 1370. The fourth-order valence-corrected chi connectivity index (χ4v) is 5.50. The van der Waals surface area contributed by atoms with Crippen molar-refractivity contribution >= 4 is 28.7 Å². The maximum absolute atomic E-state index is 13.9. The van der Waals surface area contributed by atoms with Crippen molar-refractivity contribution in [1.29, 1.82) is 0 Å². The first-order valence-electron chi connectivity index (χ1n) is 14.2. The zero-order valence-corrected chi connectivity index (χ0v) is 24.3. The maximum Gasteiger partial charge on any atom is 0.407 e. The van der Waals surface area contributed by atoms with Gasteiger partial charge in [0.05, 0.1) is 25.3 Å². The molecular formula is C32H39FN4O5. The molecule has 0 spiro atoms. The number of halogens is 1. The number of methoxy groups -OCH3 is 1. The van der Waals surface area contributed by atoms with Gasteiger partial charge in [-0.05, 0) is 47.4 Å². The van der Waals surface area contributed by atoms with E-state index >= 15 is 0 Å². The van der Waals surface area contributed by atoms with Crippen LogP contribution in [0.25, 0.3) is 10.8 Å². The largest absolute Gasteiger partial charge is 0.450 e. The highest BCUT2D eigenvalue weighted by molar-refractivity contribution is 5.87. The smallest absolute Gasteiger partial charge is 0.407 e. The van der Waals surface area contributed by atoms with E-state index in [1.165, 1.54) is 12.1 Å². The van der Waals surface area contributed by atoms with E-state index < -0.39 is 18.2 Å². The molecule has 0 radical (unpaired) electrons. The SMILES string of the molecule is CCOC(=O)NC(Cc1ccc(F)cc1)C(=O)N1CCN(C(Cc2ccc3ccccc3c2)C(=O)NC)CC1COC.